The largest absolute Gasteiger partial charge is 0.497 e. The number of hydrogen-bond acceptors (Lipinski definition) is 7. The first kappa shape index (κ1) is 30.0. The third-order valence-electron chi connectivity index (χ3n) is 8.14. The third kappa shape index (κ3) is 6.23. The molecule has 8 nitrogen and oxygen atoms in total. The number of amides is 1. The summed E-state index contributed by atoms with van der Waals surface area (Å²) >= 11 is 6.32. The van der Waals surface area contributed by atoms with Gasteiger partial charge in [0.2, 0.25) is 5.95 Å². The second kappa shape index (κ2) is 12.9. The first-order chi connectivity index (χ1) is 23.0. The lowest BCUT2D eigenvalue weighted by Gasteiger charge is -2.22. The average molecular weight is 640 g/mol. The average Bonchev–Trinajstić information content (AvgIpc) is 3.57. The van der Waals surface area contributed by atoms with Gasteiger partial charge in [0, 0.05) is 33.6 Å². The fourth-order valence-corrected chi connectivity index (χ4v) is 5.84. The van der Waals surface area contributed by atoms with Crippen molar-refractivity contribution in [1.82, 2.24) is 15.0 Å². The van der Waals surface area contributed by atoms with E-state index in [9.17, 15) is 4.79 Å². The Morgan fingerprint density at radius 1 is 0.787 bits per heavy atom. The van der Waals surface area contributed by atoms with Crippen LogP contribution in [0.3, 0.4) is 0 Å². The van der Waals surface area contributed by atoms with Gasteiger partial charge in [0.25, 0.3) is 5.91 Å². The lowest BCUT2D eigenvalue weighted by atomic mass is 9.98. The number of fused-ring (bicyclic) bond motifs is 1. The fraction of sp³-hybridized carbons (Fsp3) is 0.105. The number of aromatic nitrogens is 2. The molecule has 1 aliphatic rings. The van der Waals surface area contributed by atoms with Crippen LogP contribution in [0.1, 0.15) is 33.9 Å². The minimum absolute atomic E-state index is 0.203. The molecule has 0 spiro atoms. The van der Waals surface area contributed by atoms with Crippen LogP contribution in [0.4, 0.5) is 11.6 Å². The molecule has 0 bridgehead atoms. The van der Waals surface area contributed by atoms with Gasteiger partial charge in [0.1, 0.15) is 11.5 Å². The molecule has 47 heavy (non-hydrogen) atoms. The fourth-order valence-electron chi connectivity index (χ4n) is 5.67. The van der Waals surface area contributed by atoms with Crippen LogP contribution < -0.4 is 14.8 Å². The summed E-state index contributed by atoms with van der Waals surface area (Å²) in [7, 11) is 3.27. The summed E-state index contributed by atoms with van der Waals surface area (Å²) in [6.45, 7) is 0. The minimum Gasteiger partial charge on any atom is -0.497 e. The van der Waals surface area contributed by atoms with E-state index in [4.69, 9.17) is 36.1 Å². The Bertz CT molecular complexity index is 2080. The number of hydrazone groups is 1. The lowest BCUT2D eigenvalue weighted by molar-refractivity contribution is 0.0711. The number of ether oxygens (including phenoxy) is 2. The third-order valence-corrected chi connectivity index (χ3v) is 8.37. The highest BCUT2D eigenvalue weighted by molar-refractivity contribution is 6.31. The number of nitrogens with zero attached hydrogens (tertiary/aromatic N) is 4. The Morgan fingerprint density at radius 3 is 2.15 bits per heavy atom. The van der Waals surface area contributed by atoms with Crippen molar-refractivity contribution in [2.24, 2.45) is 5.10 Å². The van der Waals surface area contributed by atoms with E-state index in [1.54, 1.807) is 31.4 Å². The molecule has 1 aliphatic heterocycles. The minimum atomic E-state index is -0.278. The maximum Gasteiger partial charge on any atom is 0.274 e. The Labute approximate surface area is 277 Å². The van der Waals surface area contributed by atoms with E-state index in [0.717, 1.165) is 56.2 Å². The van der Waals surface area contributed by atoms with Crippen LogP contribution in [0.5, 0.6) is 11.5 Å². The van der Waals surface area contributed by atoms with Gasteiger partial charge in [0.15, 0.2) is 0 Å². The summed E-state index contributed by atoms with van der Waals surface area (Å²) in [4.78, 5) is 23.6. The Morgan fingerprint density at radius 2 is 1.47 bits per heavy atom. The molecule has 0 saturated carbocycles. The van der Waals surface area contributed by atoms with Gasteiger partial charge in [0.05, 0.1) is 37.2 Å². The van der Waals surface area contributed by atoms with E-state index in [-0.39, 0.29) is 11.9 Å². The summed E-state index contributed by atoms with van der Waals surface area (Å²) in [6, 6.07) is 38.0. The normalized spacial score (nSPS) is 14.1. The molecule has 1 aromatic heterocycles. The van der Waals surface area contributed by atoms with Gasteiger partial charge < -0.3 is 14.8 Å². The molecular weight excluding hydrogens is 610 g/mol. The van der Waals surface area contributed by atoms with Crippen LogP contribution in [-0.4, -0.2) is 40.8 Å². The van der Waals surface area contributed by atoms with Gasteiger partial charge in [-0.15, -0.1) is 0 Å². The Hall–Kier alpha value is -5.73. The van der Waals surface area contributed by atoms with Crippen molar-refractivity contribution in [3.05, 3.63) is 143 Å². The monoisotopic (exact) mass is 639 g/mol. The number of halogens is 1. The van der Waals surface area contributed by atoms with Crippen LogP contribution in [0.25, 0.3) is 22.2 Å². The van der Waals surface area contributed by atoms with Gasteiger partial charge in [-0.05, 0) is 90.0 Å². The molecule has 2 heterocycles. The molecule has 1 N–H and O–H groups in total. The van der Waals surface area contributed by atoms with E-state index in [1.165, 1.54) is 0 Å². The predicted octanol–water partition coefficient (Wildman–Crippen LogP) is 8.70. The van der Waals surface area contributed by atoms with Crippen molar-refractivity contribution >= 4 is 45.8 Å². The van der Waals surface area contributed by atoms with Crippen molar-refractivity contribution in [3.8, 4) is 22.8 Å². The molecule has 1 atom stereocenters. The summed E-state index contributed by atoms with van der Waals surface area (Å²) in [5.41, 5.74) is 6.47. The van der Waals surface area contributed by atoms with E-state index in [2.05, 4.69) is 5.32 Å². The van der Waals surface area contributed by atoms with Gasteiger partial charge in [-0.2, -0.15) is 5.10 Å². The maximum atomic E-state index is 14.0. The number of methoxy groups -OCH3 is 2. The van der Waals surface area contributed by atoms with Crippen LogP contribution >= 0.6 is 11.6 Å². The zero-order chi connectivity index (χ0) is 32.3. The van der Waals surface area contributed by atoms with Crippen molar-refractivity contribution in [1.29, 1.82) is 0 Å². The molecule has 0 saturated heterocycles. The van der Waals surface area contributed by atoms with E-state index in [1.807, 2.05) is 109 Å². The quantitative estimate of drug-likeness (QED) is 0.179. The highest BCUT2D eigenvalue weighted by atomic mass is 35.5. The van der Waals surface area contributed by atoms with Crippen molar-refractivity contribution in [2.45, 2.75) is 12.5 Å². The first-order valence-corrected chi connectivity index (χ1v) is 15.5. The molecule has 0 radical (unpaired) electrons. The SMILES string of the molecule is COc1ccc(C2=NN(C(=O)c3ccc(Nc4nc(-c5ccccc5)c5cc(Cl)ccc5n4)cc3)[C@H](c3ccc(OC)cc3)C2)cc1. The van der Waals surface area contributed by atoms with E-state index >= 15 is 0 Å². The summed E-state index contributed by atoms with van der Waals surface area (Å²) in [6.07, 6.45) is 0.568. The molecule has 6 aromatic rings. The molecule has 9 heteroatoms. The molecule has 1 amide bonds. The second-order valence-corrected chi connectivity index (χ2v) is 11.5. The molecule has 0 fully saturated rings. The van der Waals surface area contributed by atoms with Crippen molar-refractivity contribution < 1.29 is 14.3 Å². The van der Waals surface area contributed by atoms with Crippen LogP contribution in [0.15, 0.2) is 126 Å². The van der Waals surface area contributed by atoms with Crippen LogP contribution in [-0.2, 0) is 0 Å². The van der Waals surface area contributed by atoms with E-state index in [0.29, 0.717) is 23.0 Å². The van der Waals surface area contributed by atoms with Crippen molar-refractivity contribution in [3.63, 3.8) is 0 Å². The lowest BCUT2D eigenvalue weighted by Crippen LogP contribution is -2.27. The molecule has 0 unspecified atom stereocenters. The number of hydrogen-bond donors (Lipinski definition) is 1. The second-order valence-electron chi connectivity index (χ2n) is 11.0. The number of carbonyl (C=O) groups excluding carboxylic acids is 1. The highest BCUT2D eigenvalue weighted by Crippen LogP contribution is 2.36. The molecule has 7 rings (SSSR count). The predicted molar refractivity (Wildman–Crippen MR) is 186 cm³/mol. The van der Waals surface area contributed by atoms with Gasteiger partial charge >= 0.3 is 0 Å². The van der Waals surface area contributed by atoms with Crippen LogP contribution in [0.2, 0.25) is 5.02 Å². The number of rotatable bonds is 8. The number of nitrogens with one attached hydrogen (secondary N) is 1. The first-order valence-electron chi connectivity index (χ1n) is 15.1. The van der Waals surface area contributed by atoms with Gasteiger partial charge in [-0.25, -0.2) is 15.0 Å². The number of anilines is 2. The van der Waals surface area contributed by atoms with Gasteiger partial charge in [-0.1, -0.05) is 54.1 Å². The summed E-state index contributed by atoms with van der Waals surface area (Å²) < 4.78 is 10.7. The smallest absolute Gasteiger partial charge is 0.274 e. The maximum absolute atomic E-state index is 14.0. The Balaban J connectivity index is 1.17. The zero-order valence-electron chi connectivity index (χ0n) is 25.7. The van der Waals surface area contributed by atoms with Crippen LogP contribution in [0, 0.1) is 0 Å². The highest BCUT2D eigenvalue weighted by Gasteiger charge is 2.33. The number of carbonyl (C=O) groups is 1. The Kier molecular flexibility index (Phi) is 8.25. The molecular formula is C38H30ClN5O3. The topological polar surface area (TPSA) is 88.9 Å². The molecule has 0 aliphatic carbocycles. The molecule has 5 aromatic carbocycles. The van der Waals surface area contributed by atoms with E-state index < -0.39 is 0 Å². The molecule has 232 valence electrons. The number of benzene rings is 5. The summed E-state index contributed by atoms with van der Waals surface area (Å²) in [5.74, 6) is 1.74. The zero-order valence-corrected chi connectivity index (χ0v) is 26.5. The summed E-state index contributed by atoms with van der Waals surface area (Å²) in [5, 5.41) is 11.2. The van der Waals surface area contributed by atoms with Gasteiger partial charge in [-0.3, -0.25) is 4.79 Å². The standard InChI is InChI=1S/C38H30ClN5O3/c1-46-30-17-10-24(11-18-30)34-23-35(25-12-19-31(47-2)20-13-25)44(43-34)37(45)27-8-15-29(16-9-27)40-38-41-33-21-14-28(39)22-32(33)36(42-38)26-6-4-3-5-7-26/h3-22,35H,23H2,1-2H3,(H,40,41,42)/t35-/m0/s1. The van der Waals surface area contributed by atoms with Crippen molar-refractivity contribution in [2.75, 3.05) is 19.5 Å².